The summed E-state index contributed by atoms with van der Waals surface area (Å²) in [6.45, 7) is 4.26. The van der Waals surface area contributed by atoms with Gasteiger partial charge in [-0.05, 0) is 55.8 Å². The number of aromatic nitrogens is 2. The molecule has 0 bridgehead atoms. The third kappa shape index (κ3) is 5.05. The summed E-state index contributed by atoms with van der Waals surface area (Å²) in [5.74, 6) is 0.826. The highest BCUT2D eigenvalue weighted by Gasteiger charge is 2.24. The SMILES string of the molecule is CCOP(=O)(Cc1ccc(-c2nnc(-c3ccc(Cl)cc3)o2)cc1)OCC. The van der Waals surface area contributed by atoms with Crippen LogP contribution >= 0.6 is 19.2 Å². The zero-order valence-electron chi connectivity index (χ0n) is 15.1. The molecule has 8 heteroatoms. The summed E-state index contributed by atoms with van der Waals surface area (Å²) in [5.41, 5.74) is 2.42. The molecule has 0 fully saturated rings. The van der Waals surface area contributed by atoms with Gasteiger partial charge in [-0.15, -0.1) is 10.2 Å². The maximum atomic E-state index is 12.6. The van der Waals surface area contributed by atoms with E-state index in [4.69, 9.17) is 25.1 Å². The van der Waals surface area contributed by atoms with Crippen LogP contribution < -0.4 is 0 Å². The van der Waals surface area contributed by atoms with Crippen molar-refractivity contribution in [3.63, 3.8) is 0 Å². The summed E-state index contributed by atoms with van der Waals surface area (Å²) in [4.78, 5) is 0. The van der Waals surface area contributed by atoms with Gasteiger partial charge in [0.1, 0.15) is 0 Å². The highest BCUT2D eigenvalue weighted by Crippen LogP contribution is 2.51. The first-order valence-electron chi connectivity index (χ1n) is 8.60. The van der Waals surface area contributed by atoms with Gasteiger partial charge in [0.15, 0.2) is 0 Å². The Labute approximate surface area is 163 Å². The average molecular weight is 407 g/mol. The van der Waals surface area contributed by atoms with E-state index in [0.29, 0.717) is 30.0 Å². The molecule has 0 N–H and O–H groups in total. The molecule has 0 saturated carbocycles. The first kappa shape index (κ1) is 19.8. The fourth-order valence-electron chi connectivity index (χ4n) is 2.55. The van der Waals surface area contributed by atoms with Crippen LogP contribution in [0.3, 0.4) is 0 Å². The Morgan fingerprint density at radius 3 is 1.85 bits per heavy atom. The van der Waals surface area contributed by atoms with Gasteiger partial charge in [-0.2, -0.15) is 0 Å². The number of hydrogen-bond donors (Lipinski definition) is 0. The van der Waals surface area contributed by atoms with Gasteiger partial charge in [0.2, 0.25) is 11.8 Å². The molecule has 1 heterocycles. The molecule has 2 aromatic carbocycles. The molecule has 0 amide bonds. The normalized spacial score (nSPS) is 11.7. The predicted molar refractivity (Wildman–Crippen MR) is 105 cm³/mol. The molecular weight excluding hydrogens is 387 g/mol. The Morgan fingerprint density at radius 2 is 1.37 bits per heavy atom. The molecule has 0 saturated heterocycles. The second kappa shape index (κ2) is 8.81. The zero-order chi connectivity index (χ0) is 19.3. The van der Waals surface area contributed by atoms with Crippen LogP contribution in [0.1, 0.15) is 19.4 Å². The fraction of sp³-hybridized carbons (Fsp3) is 0.263. The number of nitrogens with zero attached hydrogens (tertiary/aromatic N) is 2. The van der Waals surface area contributed by atoms with E-state index in [9.17, 15) is 4.57 Å². The van der Waals surface area contributed by atoms with Crippen molar-refractivity contribution in [2.45, 2.75) is 20.0 Å². The molecule has 0 aliphatic rings. The Balaban J connectivity index is 1.76. The minimum Gasteiger partial charge on any atom is -0.416 e. The summed E-state index contributed by atoms with van der Waals surface area (Å²) < 4.78 is 29.0. The van der Waals surface area contributed by atoms with E-state index in [-0.39, 0.29) is 6.16 Å². The molecule has 0 spiro atoms. The van der Waals surface area contributed by atoms with Gasteiger partial charge in [0, 0.05) is 16.1 Å². The molecule has 1 aromatic heterocycles. The fourth-order valence-corrected chi connectivity index (χ4v) is 4.38. The molecule has 0 aliphatic heterocycles. The largest absolute Gasteiger partial charge is 0.416 e. The van der Waals surface area contributed by atoms with Crippen molar-refractivity contribution < 1.29 is 18.0 Å². The van der Waals surface area contributed by atoms with Crippen molar-refractivity contribution in [1.82, 2.24) is 10.2 Å². The monoisotopic (exact) mass is 406 g/mol. The Hall–Kier alpha value is -1.98. The number of halogens is 1. The van der Waals surface area contributed by atoms with Crippen LogP contribution in [0.25, 0.3) is 22.9 Å². The van der Waals surface area contributed by atoms with Crippen LogP contribution in [0, 0.1) is 0 Å². The van der Waals surface area contributed by atoms with Crippen molar-refractivity contribution in [3.8, 4) is 22.9 Å². The number of rotatable bonds is 8. The van der Waals surface area contributed by atoms with Gasteiger partial charge in [-0.3, -0.25) is 4.57 Å². The average Bonchev–Trinajstić information content (AvgIpc) is 3.13. The van der Waals surface area contributed by atoms with Gasteiger partial charge in [-0.25, -0.2) is 0 Å². The molecule has 6 nitrogen and oxygen atoms in total. The predicted octanol–water partition coefficient (Wildman–Crippen LogP) is 5.82. The van der Waals surface area contributed by atoms with Crippen molar-refractivity contribution in [3.05, 3.63) is 59.1 Å². The summed E-state index contributed by atoms with van der Waals surface area (Å²) in [6, 6.07) is 14.6. The molecule has 0 unspecified atom stereocenters. The maximum Gasteiger partial charge on any atom is 0.335 e. The van der Waals surface area contributed by atoms with Crippen LogP contribution in [0.2, 0.25) is 5.02 Å². The lowest BCUT2D eigenvalue weighted by molar-refractivity contribution is 0.219. The lowest BCUT2D eigenvalue weighted by atomic mass is 10.1. The third-order valence-corrected chi connectivity index (χ3v) is 6.05. The minimum atomic E-state index is -3.13. The van der Waals surface area contributed by atoms with Gasteiger partial charge in [-0.1, -0.05) is 23.7 Å². The molecule has 0 radical (unpaired) electrons. The van der Waals surface area contributed by atoms with Crippen molar-refractivity contribution in [1.29, 1.82) is 0 Å². The first-order valence-corrected chi connectivity index (χ1v) is 10.7. The van der Waals surface area contributed by atoms with Crippen LogP contribution in [0.15, 0.2) is 52.9 Å². The standard InChI is InChI=1S/C19H20ClN2O4P/c1-3-24-27(23,25-4-2)13-14-5-7-15(8-6-14)18-21-22-19(26-18)16-9-11-17(20)12-10-16/h5-12H,3-4,13H2,1-2H3. The molecule has 0 aliphatic carbocycles. The van der Waals surface area contributed by atoms with E-state index in [1.54, 1.807) is 26.0 Å². The van der Waals surface area contributed by atoms with E-state index in [2.05, 4.69) is 10.2 Å². The van der Waals surface area contributed by atoms with Gasteiger partial charge < -0.3 is 13.5 Å². The maximum absolute atomic E-state index is 12.6. The molecule has 27 heavy (non-hydrogen) atoms. The van der Waals surface area contributed by atoms with E-state index in [0.717, 1.165) is 16.7 Å². The summed E-state index contributed by atoms with van der Waals surface area (Å²) in [5, 5.41) is 8.82. The van der Waals surface area contributed by atoms with Crippen molar-refractivity contribution in [2.75, 3.05) is 13.2 Å². The minimum absolute atomic E-state index is 0.217. The summed E-state index contributed by atoms with van der Waals surface area (Å²) in [6.07, 6.45) is 0.217. The Morgan fingerprint density at radius 1 is 0.889 bits per heavy atom. The van der Waals surface area contributed by atoms with Gasteiger partial charge in [0.25, 0.3) is 0 Å². The van der Waals surface area contributed by atoms with Crippen molar-refractivity contribution in [2.24, 2.45) is 0 Å². The summed E-state index contributed by atoms with van der Waals surface area (Å²) >= 11 is 5.90. The topological polar surface area (TPSA) is 74.5 Å². The third-order valence-electron chi connectivity index (χ3n) is 3.74. The highest BCUT2D eigenvalue weighted by molar-refractivity contribution is 7.53. The number of hydrogen-bond acceptors (Lipinski definition) is 6. The van der Waals surface area contributed by atoms with Crippen LogP contribution in [-0.2, 0) is 19.8 Å². The summed E-state index contributed by atoms with van der Waals surface area (Å²) in [7, 11) is -3.13. The van der Waals surface area contributed by atoms with Crippen LogP contribution in [-0.4, -0.2) is 23.4 Å². The molecular formula is C19H20ClN2O4P. The Kier molecular flexibility index (Phi) is 6.45. The zero-order valence-corrected chi connectivity index (χ0v) is 16.7. The lowest BCUT2D eigenvalue weighted by Gasteiger charge is -2.16. The van der Waals surface area contributed by atoms with E-state index >= 15 is 0 Å². The molecule has 142 valence electrons. The Bertz CT molecular complexity index is 916. The van der Waals surface area contributed by atoms with E-state index < -0.39 is 7.60 Å². The second-order valence-corrected chi connectivity index (χ2v) is 8.21. The second-order valence-electron chi connectivity index (χ2n) is 5.72. The quantitative estimate of drug-likeness (QED) is 0.438. The van der Waals surface area contributed by atoms with Crippen molar-refractivity contribution >= 4 is 19.2 Å². The van der Waals surface area contributed by atoms with E-state index in [1.165, 1.54) is 0 Å². The highest BCUT2D eigenvalue weighted by atomic mass is 35.5. The molecule has 3 aromatic rings. The molecule has 3 rings (SSSR count). The van der Waals surface area contributed by atoms with Crippen LogP contribution in [0.4, 0.5) is 0 Å². The van der Waals surface area contributed by atoms with Crippen LogP contribution in [0.5, 0.6) is 0 Å². The van der Waals surface area contributed by atoms with E-state index in [1.807, 2.05) is 36.4 Å². The lowest BCUT2D eigenvalue weighted by Crippen LogP contribution is -1.99. The van der Waals surface area contributed by atoms with Gasteiger partial charge >= 0.3 is 7.60 Å². The van der Waals surface area contributed by atoms with Gasteiger partial charge in [0.05, 0.1) is 19.4 Å². The number of benzene rings is 2. The first-order chi connectivity index (χ1) is 13.0. The smallest absolute Gasteiger partial charge is 0.335 e. The molecule has 0 atom stereocenters.